The Morgan fingerprint density at radius 2 is 1.73 bits per heavy atom. The van der Waals surface area contributed by atoms with Gasteiger partial charge in [0, 0.05) is 39.2 Å². The fraction of sp³-hybridized carbons (Fsp3) is 0.300. The van der Waals surface area contributed by atoms with E-state index in [4.69, 9.17) is 32.7 Å². The molecule has 0 saturated carbocycles. The molecule has 1 fully saturated rings. The predicted octanol–water partition coefficient (Wildman–Crippen LogP) is 6.23. The third-order valence-corrected chi connectivity index (χ3v) is 7.97. The lowest BCUT2D eigenvalue weighted by atomic mass is 9.59. The van der Waals surface area contributed by atoms with Crippen LogP contribution in [0.5, 0.6) is 5.75 Å². The lowest BCUT2D eigenvalue weighted by Gasteiger charge is -2.46. The zero-order valence-electron chi connectivity index (χ0n) is 22.3. The smallest absolute Gasteiger partial charge is 0.349 e. The van der Waals surface area contributed by atoms with Crippen molar-refractivity contribution in [3.63, 3.8) is 0 Å². The van der Waals surface area contributed by atoms with Gasteiger partial charge in [0.05, 0.1) is 12.6 Å². The molecule has 0 bridgehead atoms. The molecule has 2 N–H and O–H groups in total. The van der Waals surface area contributed by atoms with Crippen LogP contribution in [-0.4, -0.2) is 30.0 Å². The van der Waals surface area contributed by atoms with Crippen molar-refractivity contribution < 1.29 is 32.6 Å². The van der Waals surface area contributed by atoms with E-state index >= 15 is 4.39 Å². The van der Waals surface area contributed by atoms with E-state index in [0.29, 0.717) is 21.8 Å². The third-order valence-electron chi connectivity index (χ3n) is 7.50. The zero-order valence-corrected chi connectivity index (χ0v) is 23.8. The molecule has 2 amide bonds. The molecule has 0 aliphatic carbocycles. The number of carbonyl (C=O) groups is 3. The summed E-state index contributed by atoms with van der Waals surface area (Å²) in [6.45, 7) is 4.85. The molecule has 214 valence electrons. The van der Waals surface area contributed by atoms with Gasteiger partial charge in [-0.3, -0.25) is 9.59 Å². The number of ether oxygens (including phenoxy) is 2. The normalized spacial score (nSPS) is 21.7. The molecule has 7 nitrogen and oxygen atoms in total. The molecule has 1 saturated heterocycles. The summed E-state index contributed by atoms with van der Waals surface area (Å²) in [4.78, 5) is 40.2. The molecule has 2 unspecified atom stereocenters. The standard InChI is InChI=1S/C30H26Cl2F2N2O5/c1-4-40-28(39)29(2,3)41-24-10-6-15(31)11-18(24)21-14-25(37)36-26(19-13-17(33)7-9-22(19)34)30(21)20-8-5-16(32)12-23(20)35-27(30)38/h5-13,21,26H,4,14H2,1-3H3,(H,35,38)(H,36,37)/t21?,26?,30-/m1/s1. The Kier molecular flexibility index (Phi) is 7.46. The Hall–Kier alpha value is -3.69. The van der Waals surface area contributed by atoms with Crippen LogP contribution < -0.4 is 15.4 Å². The molecule has 41 heavy (non-hydrogen) atoms. The fourth-order valence-corrected chi connectivity index (χ4v) is 6.12. The van der Waals surface area contributed by atoms with Crippen molar-refractivity contribution in [1.29, 1.82) is 0 Å². The van der Waals surface area contributed by atoms with E-state index in [-0.39, 0.29) is 29.4 Å². The molecule has 1 spiro atoms. The van der Waals surface area contributed by atoms with Gasteiger partial charge in [-0.2, -0.15) is 0 Å². The number of fused-ring (bicyclic) bond motifs is 2. The number of amides is 2. The van der Waals surface area contributed by atoms with Gasteiger partial charge in [-0.15, -0.1) is 0 Å². The summed E-state index contributed by atoms with van der Waals surface area (Å²) in [6.07, 6.45) is -0.237. The van der Waals surface area contributed by atoms with Crippen LogP contribution in [0.2, 0.25) is 10.0 Å². The van der Waals surface area contributed by atoms with Gasteiger partial charge in [-0.1, -0.05) is 29.3 Å². The van der Waals surface area contributed by atoms with E-state index in [1.54, 1.807) is 37.3 Å². The highest BCUT2D eigenvalue weighted by Crippen LogP contribution is 2.59. The summed E-state index contributed by atoms with van der Waals surface area (Å²) < 4.78 is 41.2. The summed E-state index contributed by atoms with van der Waals surface area (Å²) in [7, 11) is 0. The Bertz CT molecular complexity index is 1580. The van der Waals surface area contributed by atoms with Gasteiger partial charge in [-0.05, 0) is 74.9 Å². The summed E-state index contributed by atoms with van der Waals surface area (Å²) >= 11 is 12.7. The molecule has 2 aliphatic heterocycles. The second-order valence-electron chi connectivity index (χ2n) is 10.5. The van der Waals surface area contributed by atoms with Crippen molar-refractivity contribution >= 4 is 46.7 Å². The average molecular weight is 603 g/mol. The first-order valence-electron chi connectivity index (χ1n) is 12.9. The van der Waals surface area contributed by atoms with Crippen molar-refractivity contribution in [2.45, 2.75) is 50.2 Å². The van der Waals surface area contributed by atoms with Crippen LogP contribution in [0.3, 0.4) is 0 Å². The number of piperidine rings is 1. The Morgan fingerprint density at radius 1 is 1.02 bits per heavy atom. The van der Waals surface area contributed by atoms with Crippen molar-refractivity contribution in [2.24, 2.45) is 0 Å². The van der Waals surface area contributed by atoms with Crippen molar-refractivity contribution in [1.82, 2.24) is 5.32 Å². The first kappa shape index (κ1) is 28.8. The minimum absolute atomic E-state index is 0.130. The van der Waals surface area contributed by atoms with E-state index in [2.05, 4.69) is 10.6 Å². The predicted molar refractivity (Wildman–Crippen MR) is 149 cm³/mol. The lowest BCUT2D eigenvalue weighted by molar-refractivity contribution is -0.158. The van der Waals surface area contributed by atoms with Crippen molar-refractivity contribution in [2.75, 3.05) is 11.9 Å². The summed E-state index contributed by atoms with van der Waals surface area (Å²) in [5.41, 5.74) is -2.26. The van der Waals surface area contributed by atoms with Crippen LogP contribution in [0.1, 0.15) is 55.8 Å². The number of esters is 1. The quantitative estimate of drug-likeness (QED) is 0.326. The molecular weight excluding hydrogens is 577 g/mol. The van der Waals surface area contributed by atoms with E-state index < -0.39 is 52.4 Å². The molecule has 3 atom stereocenters. The maximum atomic E-state index is 15.4. The van der Waals surface area contributed by atoms with Crippen LogP contribution in [0.25, 0.3) is 0 Å². The Balaban J connectivity index is 1.78. The van der Waals surface area contributed by atoms with Gasteiger partial charge in [-0.25, -0.2) is 13.6 Å². The van der Waals surface area contributed by atoms with Crippen LogP contribution in [0, 0.1) is 11.6 Å². The summed E-state index contributed by atoms with van der Waals surface area (Å²) in [5, 5.41) is 6.19. The van der Waals surface area contributed by atoms with Crippen LogP contribution in [0.4, 0.5) is 14.5 Å². The third kappa shape index (κ3) is 4.91. The Labute approximate surface area is 245 Å². The van der Waals surface area contributed by atoms with Gasteiger partial charge in [0.1, 0.15) is 22.8 Å². The van der Waals surface area contributed by atoms with Gasteiger partial charge < -0.3 is 20.1 Å². The zero-order chi connectivity index (χ0) is 29.7. The number of benzene rings is 3. The van der Waals surface area contributed by atoms with Crippen molar-refractivity contribution in [3.8, 4) is 5.75 Å². The highest BCUT2D eigenvalue weighted by atomic mass is 35.5. The molecular formula is C30H26Cl2F2N2O5. The maximum absolute atomic E-state index is 15.4. The van der Waals surface area contributed by atoms with E-state index in [9.17, 15) is 18.8 Å². The summed E-state index contributed by atoms with van der Waals surface area (Å²) in [6, 6.07) is 10.9. The highest BCUT2D eigenvalue weighted by Gasteiger charge is 2.62. The molecule has 0 radical (unpaired) electrons. The second kappa shape index (κ2) is 10.6. The average Bonchev–Trinajstić information content (AvgIpc) is 3.18. The fourth-order valence-electron chi connectivity index (χ4n) is 5.76. The molecule has 2 aliphatic rings. The minimum atomic E-state index is -1.70. The molecule has 2 heterocycles. The number of hydrogen-bond acceptors (Lipinski definition) is 5. The van der Waals surface area contributed by atoms with E-state index in [1.807, 2.05) is 0 Å². The van der Waals surface area contributed by atoms with Gasteiger partial charge in [0.15, 0.2) is 5.60 Å². The Morgan fingerprint density at radius 3 is 2.46 bits per heavy atom. The number of nitrogens with one attached hydrogen (secondary N) is 2. The number of anilines is 1. The number of carbonyl (C=O) groups excluding carboxylic acids is 3. The van der Waals surface area contributed by atoms with E-state index in [0.717, 1.165) is 18.2 Å². The van der Waals surface area contributed by atoms with Gasteiger partial charge in [0.25, 0.3) is 0 Å². The highest BCUT2D eigenvalue weighted by molar-refractivity contribution is 6.31. The van der Waals surface area contributed by atoms with Crippen molar-refractivity contribution in [3.05, 3.63) is 93.0 Å². The monoisotopic (exact) mass is 602 g/mol. The van der Waals surface area contributed by atoms with Crippen LogP contribution >= 0.6 is 23.2 Å². The maximum Gasteiger partial charge on any atom is 0.349 e. The number of rotatable bonds is 6. The van der Waals surface area contributed by atoms with Crippen LogP contribution in [0.15, 0.2) is 54.6 Å². The largest absolute Gasteiger partial charge is 0.476 e. The lowest BCUT2D eigenvalue weighted by Crippen LogP contribution is -2.57. The molecule has 11 heteroatoms. The molecule has 0 aromatic heterocycles. The first-order chi connectivity index (χ1) is 19.4. The summed E-state index contributed by atoms with van der Waals surface area (Å²) in [5.74, 6) is -4.10. The van der Waals surface area contributed by atoms with Gasteiger partial charge in [0.2, 0.25) is 11.8 Å². The number of halogens is 4. The number of hydrogen-bond donors (Lipinski definition) is 2. The molecule has 5 rings (SSSR count). The van der Waals surface area contributed by atoms with Gasteiger partial charge >= 0.3 is 5.97 Å². The first-order valence-corrected chi connectivity index (χ1v) is 13.7. The topological polar surface area (TPSA) is 93.7 Å². The molecule has 3 aromatic rings. The SMILES string of the molecule is CCOC(=O)C(C)(C)Oc1ccc(Cl)cc1C1CC(=O)NC(c2cc(F)ccc2F)[C@]12C(=O)Nc1cc(Cl)ccc12. The van der Waals surface area contributed by atoms with Crippen LogP contribution in [-0.2, 0) is 24.5 Å². The molecule has 3 aromatic carbocycles. The minimum Gasteiger partial charge on any atom is -0.476 e. The van der Waals surface area contributed by atoms with E-state index in [1.165, 1.54) is 19.9 Å². The second-order valence-corrected chi connectivity index (χ2v) is 11.3.